The molecule has 0 spiro atoms. The van der Waals surface area contributed by atoms with Gasteiger partial charge in [0.15, 0.2) is 0 Å². The second-order valence-electron chi connectivity index (χ2n) is 5.52. The first-order valence-electron chi connectivity index (χ1n) is 6.24. The fourth-order valence-corrected chi connectivity index (χ4v) is 2.39. The molecule has 0 unspecified atom stereocenters. The smallest absolute Gasteiger partial charge is 0.0597 e. The molecule has 1 aromatic rings. The summed E-state index contributed by atoms with van der Waals surface area (Å²) in [5.41, 5.74) is 2.97. The van der Waals surface area contributed by atoms with Crippen molar-refractivity contribution < 1.29 is 0 Å². The highest BCUT2D eigenvalue weighted by Gasteiger charge is 2.44. The predicted octanol–water partition coefficient (Wildman–Crippen LogP) is 2.25. The van der Waals surface area contributed by atoms with E-state index in [0.29, 0.717) is 5.41 Å². The van der Waals surface area contributed by atoms with Crippen LogP contribution in [0.15, 0.2) is 6.07 Å². The molecule has 1 aromatic heterocycles. The third-order valence-electron chi connectivity index (χ3n) is 4.00. The zero-order valence-corrected chi connectivity index (χ0v) is 10.9. The van der Waals surface area contributed by atoms with Crippen LogP contribution >= 0.6 is 0 Å². The molecule has 3 heteroatoms. The molecule has 1 aliphatic rings. The second-order valence-corrected chi connectivity index (χ2v) is 5.52. The molecule has 1 N–H and O–H groups in total. The first kappa shape index (κ1) is 11.6. The van der Waals surface area contributed by atoms with E-state index in [-0.39, 0.29) is 0 Å². The van der Waals surface area contributed by atoms with Crippen molar-refractivity contribution in [1.82, 2.24) is 15.1 Å². The van der Waals surface area contributed by atoms with Gasteiger partial charge in [-0.05, 0) is 37.2 Å². The Hall–Kier alpha value is -0.830. The Bertz CT molecular complexity index is 361. The number of aromatic nitrogens is 2. The lowest BCUT2D eigenvalue weighted by Gasteiger charge is -2.20. The van der Waals surface area contributed by atoms with Crippen LogP contribution in [0.4, 0.5) is 0 Å². The Kier molecular flexibility index (Phi) is 3.06. The molecule has 3 nitrogen and oxygen atoms in total. The second kappa shape index (κ2) is 4.21. The topological polar surface area (TPSA) is 29.9 Å². The molecule has 1 aliphatic carbocycles. The third-order valence-corrected chi connectivity index (χ3v) is 4.00. The summed E-state index contributed by atoms with van der Waals surface area (Å²) in [5, 5.41) is 7.93. The maximum atomic E-state index is 4.35. The lowest BCUT2D eigenvalue weighted by molar-refractivity contribution is 0.336. The molecular weight excluding hydrogens is 198 g/mol. The molecule has 0 aromatic carbocycles. The molecule has 0 aliphatic heterocycles. The summed E-state index contributed by atoms with van der Waals surface area (Å²) in [7, 11) is 2.01. The standard InChI is InChI=1S/C13H23N3/c1-10(2)13(5-6-13)9-14-8-12-7-11(3)15-16(12)4/h7,10,14H,5-6,8-9H2,1-4H3. The van der Waals surface area contributed by atoms with Gasteiger partial charge in [0.1, 0.15) is 0 Å². The minimum atomic E-state index is 0.591. The molecule has 16 heavy (non-hydrogen) atoms. The van der Waals surface area contributed by atoms with E-state index in [9.17, 15) is 0 Å². The average Bonchev–Trinajstić information content (AvgIpc) is 2.91. The first-order chi connectivity index (χ1) is 7.53. The quantitative estimate of drug-likeness (QED) is 0.826. The van der Waals surface area contributed by atoms with Crippen molar-refractivity contribution in [2.75, 3.05) is 6.54 Å². The Morgan fingerprint density at radius 3 is 2.62 bits per heavy atom. The van der Waals surface area contributed by atoms with Crippen molar-refractivity contribution in [2.45, 2.75) is 40.2 Å². The van der Waals surface area contributed by atoms with Crippen LogP contribution in [0.3, 0.4) is 0 Å². The zero-order chi connectivity index (χ0) is 11.8. The van der Waals surface area contributed by atoms with Gasteiger partial charge < -0.3 is 5.32 Å². The highest BCUT2D eigenvalue weighted by molar-refractivity contribution is 5.08. The summed E-state index contributed by atoms with van der Waals surface area (Å²) < 4.78 is 1.97. The maximum absolute atomic E-state index is 4.35. The number of nitrogens with zero attached hydrogens (tertiary/aromatic N) is 2. The van der Waals surface area contributed by atoms with E-state index in [1.165, 1.54) is 18.5 Å². The first-order valence-corrected chi connectivity index (χ1v) is 6.24. The zero-order valence-electron chi connectivity index (χ0n) is 10.9. The summed E-state index contributed by atoms with van der Waals surface area (Å²) in [6.07, 6.45) is 2.78. The van der Waals surface area contributed by atoms with Gasteiger partial charge in [0.05, 0.1) is 11.4 Å². The van der Waals surface area contributed by atoms with Crippen molar-refractivity contribution >= 4 is 0 Å². The van der Waals surface area contributed by atoms with Crippen LogP contribution in [0.2, 0.25) is 0 Å². The van der Waals surface area contributed by atoms with Crippen molar-refractivity contribution in [2.24, 2.45) is 18.4 Å². The molecule has 1 fully saturated rings. The van der Waals surface area contributed by atoms with Gasteiger partial charge in [-0.25, -0.2) is 0 Å². The van der Waals surface area contributed by atoms with Crippen LogP contribution in [-0.4, -0.2) is 16.3 Å². The molecule has 0 radical (unpaired) electrons. The largest absolute Gasteiger partial charge is 0.311 e. The number of aryl methyl sites for hydroxylation is 2. The Morgan fingerprint density at radius 1 is 1.50 bits per heavy atom. The SMILES string of the molecule is Cc1cc(CNCC2(C(C)C)CC2)n(C)n1. The molecule has 0 saturated heterocycles. The normalized spacial score (nSPS) is 18.1. The van der Waals surface area contributed by atoms with Gasteiger partial charge in [-0.3, -0.25) is 4.68 Å². The van der Waals surface area contributed by atoms with Gasteiger partial charge in [0.2, 0.25) is 0 Å². The monoisotopic (exact) mass is 221 g/mol. The molecule has 0 atom stereocenters. The van der Waals surface area contributed by atoms with E-state index < -0.39 is 0 Å². The van der Waals surface area contributed by atoms with Crippen molar-refractivity contribution in [1.29, 1.82) is 0 Å². The Balaban J connectivity index is 1.82. The Morgan fingerprint density at radius 2 is 2.19 bits per heavy atom. The van der Waals surface area contributed by atoms with Gasteiger partial charge in [-0.15, -0.1) is 0 Å². The van der Waals surface area contributed by atoms with Crippen molar-refractivity contribution in [3.8, 4) is 0 Å². The summed E-state index contributed by atoms with van der Waals surface area (Å²) in [6, 6.07) is 2.15. The number of hydrogen-bond donors (Lipinski definition) is 1. The van der Waals surface area contributed by atoms with E-state index in [1.54, 1.807) is 0 Å². The summed E-state index contributed by atoms with van der Waals surface area (Å²) in [5.74, 6) is 0.799. The van der Waals surface area contributed by atoms with Crippen molar-refractivity contribution in [3.63, 3.8) is 0 Å². The summed E-state index contributed by atoms with van der Waals surface area (Å²) in [6.45, 7) is 8.80. The molecule has 1 heterocycles. The molecular formula is C13H23N3. The van der Waals surface area contributed by atoms with E-state index >= 15 is 0 Å². The van der Waals surface area contributed by atoms with Crippen LogP contribution in [-0.2, 0) is 13.6 Å². The van der Waals surface area contributed by atoms with Gasteiger partial charge >= 0.3 is 0 Å². The highest BCUT2D eigenvalue weighted by atomic mass is 15.3. The van der Waals surface area contributed by atoms with Crippen molar-refractivity contribution in [3.05, 3.63) is 17.5 Å². The average molecular weight is 221 g/mol. The third kappa shape index (κ3) is 2.29. The van der Waals surface area contributed by atoms with Crippen LogP contribution in [0.25, 0.3) is 0 Å². The van der Waals surface area contributed by atoms with E-state index in [2.05, 4.69) is 30.3 Å². The van der Waals surface area contributed by atoms with Gasteiger partial charge in [0, 0.05) is 20.1 Å². The number of nitrogens with one attached hydrogen (secondary N) is 1. The summed E-state index contributed by atoms with van der Waals surface area (Å²) in [4.78, 5) is 0. The summed E-state index contributed by atoms with van der Waals surface area (Å²) >= 11 is 0. The van der Waals surface area contributed by atoms with Crippen LogP contribution in [0.1, 0.15) is 38.1 Å². The lowest BCUT2D eigenvalue weighted by Crippen LogP contribution is -2.27. The lowest BCUT2D eigenvalue weighted by atomic mass is 9.92. The number of rotatable bonds is 5. The number of hydrogen-bond acceptors (Lipinski definition) is 2. The minimum absolute atomic E-state index is 0.591. The molecule has 2 rings (SSSR count). The van der Waals surface area contributed by atoms with E-state index in [1.807, 2.05) is 18.7 Å². The van der Waals surface area contributed by atoms with Crippen LogP contribution in [0.5, 0.6) is 0 Å². The van der Waals surface area contributed by atoms with Gasteiger partial charge in [0.25, 0.3) is 0 Å². The van der Waals surface area contributed by atoms with E-state index in [0.717, 1.165) is 24.7 Å². The maximum Gasteiger partial charge on any atom is 0.0597 e. The fourth-order valence-electron chi connectivity index (χ4n) is 2.39. The minimum Gasteiger partial charge on any atom is -0.311 e. The van der Waals surface area contributed by atoms with Gasteiger partial charge in [-0.2, -0.15) is 5.10 Å². The molecule has 0 bridgehead atoms. The van der Waals surface area contributed by atoms with Gasteiger partial charge in [-0.1, -0.05) is 13.8 Å². The molecule has 1 saturated carbocycles. The fraction of sp³-hybridized carbons (Fsp3) is 0.769. The Labute approximate surface area is 98.2 Å². The highest BCUT2D eigenvalue weighted by Crippen LogP contribution is 2.51. The molecule has 90 valence electrons. The predicted molar refractivity (Wildman–Crippen MR) is 66.2 cm³/mol. The van der Waals surface area contributed by atoms with Crippen LogP contribution < -0.4 is 5.32 Å². The van der Waals surface area contributed by atoms with Crippen LogP contribution in [0, 0.1) is 18.3 Å². The molecule has 0 amide bonds. The van der Waals surface area contributed by atoms with E-state index in [4.69, 9.17) is 0 Å².